The first-order valence-electron chi connectivity index (χ1n) is 5.84. The molecule has 96 valence electrons. The maximum Gasteiger partial charge on any atom is 0.122 e. The second kappa shape index (κ2) is 6.11. The Morgan fingerprint density at radius 1 is 1.39 bits per heavy atom. The number of hydrogen-bond donors (Lipinski definition) is 1. The fourth-order valence-corrected chi connectivity index (χ4v) is 1.67. The number of nitrogens with one attached hydrogen (secondary N) is 1. The molecule has 0 fully saturated rings. The lowest BCUT2D eigenvalue weighted by molar-refractivity contribution is 0.412. The number of pyridine rings is 1. The highest BCUT2D eigenvalue weighted by Crippen LogP contribution is 2.12. The molecular weight excluding hydrogens is 230 g/mol. The number of aromatic nitrogens is 4. The molecule has 0 radical (unpaired) electrons. The molecule has 2 heterocycles. The monoisotopic (exact) mass is 247 g/mol. The lowest BCUT2D eigenvalue weighted by atomic mass is 10.3. The molecule has 2 aromatic rings. The first kappa shape index (κ1) is 12.5. The summed E-state index contributed by atoms with van der Waals surface area (Å²) in [4.78, 5) is 4.44. The highest BCUT2D eigenvalue weighted by atomic mass is 16.5. The van der Waals surface area contributed by atoms with Gasteiger partial charge in [0.05, 0.1) is 25.5 Å². The summed E-state index contributed by atoms with van der Waals surface area (Å²) in [5, 5.41) is 11.0. The summed E-state index contributed by atoms with van der Waals surface area (Å²) < 4.78 is 7.00. The molecule has 18 heavy (non-hydrogen) atoms. The Morgan fingerprint density at radius 2 is 2.28 bits per heavy atom. The van der Waals surface area contributed by atoms with Crippen molar-refractivity contribution in [1.82, 2.24) is 25.3 Å². The molecule has 1 N–H and O–H groups in total. The molecule has 0 aliphatic heterocycles. The van der Waals surface area contributed by atoms with Crippen LogP contribution in [0.2, 0.25) is 0 Å². The first-order chi connectivity index (χ1) is 8.78. The van der Waals surface area contributed by atoms with Gasteiger partial charge in [0.15, 0.2) is 0 Å². The second-order valence-corrected chi connectivity index (χ2v) is 3.98. The Morgan fingerprint density at radius 3 is 3.00 bits per heavy atom. The van der Waals surface area contributed by atoms with Gasteiger partial charge in [0.1, 0.15) is 5.75 Å². The summed E-state index contributed by atoms with van der Waals surface area (Å²) >= 11 is 0. The standard InChI is InChI=1S/C12H17N5O/c1-10-7-12(18-2)8-11(15-10)9-13-3-5-17-6-4-14-16-17/h4,6-8,13H,3,5,9H2,1-2H3. The summed E-state index contributed by atoms with van der Waals surface area (Å²) in [7, 11) is 1.66. The largest absolute Gasteiger partial charge is 0.497 e. The molecule has 2 aromatic heterocycles. The molecule has 0 bridgehead atoms. The minimum Gasteiger partial charge on any atom is -0.497 e. The number of methoxy groups -OCH3 is 1. The van der Waals surface area contributed by atoms with Crippen LogP contribution >= 0.6 is 0 Å². The molecule has 0 saturated heterocycles. The van der Waals surface area contributed by atoms with E-state index in [2.05, 4.69) is 20.6 Å². The molecule has 0 aromatic carbocycles. The van der Waals surface area contributed by atoms with Crippen molar-refractivity contribution in [2.24, 2.45) is 0 Å². The average molecular weight is 247 g/mol. The zero-order valence-electron chi connectivity index (χ0n) is 10.6. The third kappa shape index (κ3) is 3.53. The zero-order valence-corrected chi connectivity index (χ0v) is 10.6. The third-order valence-electron chi connectivity index (χ3n) is 2.51. The Labute approximate surface area is 106 Å². The SMILES string of the molecule is COc1cc(C)nc(CNCCn2ccnn2)c1. The van der Waals surface area contributed by atoms with Crippen LogP contribution in [0.25, 0.3) is 0 Å². The Balaban J connectivity index is 1.81. The lowest BCUT2D eigenvalue weighted by Gasteiger charge is -2.07. The summed E-state index contributed by atoms with van der Waals surface area (Å²) in [6.07, 6.45) is 3.52. The van der Waals surface area contributed by atoms with Crippen molar-refractivity contribution in [3.8, 4) is 5.75 Å². The predicted molar refractivity (Wildman–Crippen MR) is 67.3 cm³/mol. The molecule has 2 rings (SSSR count). The molecule has 6 heteroatoms. The van der Waals surface area contributed by atoms with Gasteiger partial charge in [-0.25, -0.2) is 0 Å². The topological polar surface area (TPSA) is 64.9 Å². The highest BCUT2D eigenvalue weighted by Gasteiger charge is 2.00. The van der Waals surface area contributed by atoms with Crippen LogP contribution in [-0.4, -0.2) is 33.6 Å². The van der Waals surface area contributed by atoms with Crippen molar-refractivity contribution >= 4 is 0 Å². The van der Waals surface area contributed by atoms with Crippen molar-refractivity contribution in [3.63, 3.8) is 0 Å². The van der Waals surface area contributed by atoms with Crippen molar-refractivity contribution in [1.29, 1.82) is 0 Å². The van der Waals surface area contributed by atoms with E-state index in [0.29, 0.717) is 6.54 Å². The van der Waals surface area contributed by atoms with Gasteiger partial charge in [-0.2, -0.15) is 0 Å². The summed E-state index contributed by atoms with van der Waals surface area (Å²) in [5.41, 5.74) is 1.94. The van der Waals surface area contributed by atoms with E-state index >= 15 is 0 Å². The van der Waals surface area contributed by atoms with Crippen LogP contribution in [0.4, 0.5) is 0 Å². The van der Waals surface area contributed by atoms with Gasteiger partial charge in [-0.3, -0.25) is 9.67 Å². The Kier molecular flexibility index (Phi) is 4.25. The number of rotatable bonds is 6. The molecule has 0 atom stereocenters. The van der Waals surface area contributed by atoms with Crippen LogP contribution in [-0.2, 0) is 13.1 Å². The van der Waals surface area contributed by atoms with E-state index in [-0.39, 0.29) is 0 Å². The van der Waals surface area contributed by atoms with Gasteiger partial charge in [0.2, 0.25) is 0 Å². The first-order valence-corrected chi connectivity index (χ1v) is 5.84. The van der Waals surface area contributed by atoms with Crippen LogP contribution in [0.5, 0.6) is 5.75 Å². The van der Waals surface area contributed by atoms with E-state index in [1.807, 2.05) is 25.3 Å². The van der Waals surface area contributed by atoms with E-state index in [1.165, 1.54) is 0 Å². The van der Waals surface area contributed by atoms with Crippen molar-refractivity contribution in [2.45, 2.75) is 20.0 Å². The smallest absolute Gasteiger partial charge is 0.122 e. The Bertz CT molecular complexity index is 483. The van der Waals surface area contributed by atoms with Gasteiger partial charge < -0.3 is 10.1 Å². The van der Waals surface area contributed by atoms with Crippen molar-refractivity contribution in [3.05, 3.63) is 35.9 Å². The van der Waals surface area contributed by atoms with Gasteiger partial charge in [0.25, 0.3) is 0 Å². The van der Waals surface area contributed by atoms with E-state index in [4.69, 9.17) is 4.74 Å². The summed E-state index contributed by atoms with van der Waals surface area (Å²) in [6.45, 7) is 4.29. The van der Waals surface area contributed by atoms with Gasteiger partial charge in [-0.15, -0.1) is 5.10 Å². The van der Waals surface area contributed by atoms with E-state index < -0.39 is 0 Å². The number of nitrogens with zero attached hydrogens (tertiary/aromatic N) is 4. The summed E-state index contributed by atoms with van der Waals surface area (Å²) in [6, 6.07) is 3.86. The minimum atomic E-state index is 0.715. The number of hydrogen-bond acceptors (Lipinski definition) is 5. The fourth-order valence-electron chi connectivity index (χ4n) is 1.67. The molecule has 0 unspecified atom stereocenters. The van der Waals surface area contributed by atoms with Gasteiger partial charge >= 0.3 is 0 Å². The van der Waals surface area contributed by atoms with Crippen molar-refractivity contribution < 1.29 is 4.74 Å². The van der Waals surface area contributed by atoms with Crippen molar-refractivity contribution in [2.75, 3.05) is 13.7 Å². The molecule has 0 saturated carbocycles. The number of ether oxygens (including phenoxy) is 1. The predicted octanol–water partition coefficient (Wildman–Crippen LogP) is 0.780. The van der Waals surface area contributed by atoms with Crippen LogP contribution in [0.3, 0.4) is 0 Å². The lowest BCUT2D eigenvalue weighted by Crippen LogP contribution is -2.20. The molecule has 0 aliphatic carbocycles. The van der Waals surface area contributed by atoms with Crippen LogP contribution in [0, 0.1) is 6.92 Å². The quantitative estimate of drug-likeness (QED) is 0.764. The average Bonchev–Trinajstić information content (AvgIpc) is 2.87. The van der Waals surface area contributed by atoms with E-state index in [9.17, 15) is 0 Å². The van der Waals surface area contributed by atoms with Gasteiger partial charge in [-0.05, 0) is 6.92 Å². The molecule has 0 aliphatic rings. The van der Waals surface area contributed by atoms with Gasteiger partial charge in [-0.1, -0.05) is 5.21 Å². The second-order valence-electron chi connectivity index (χ2n) is 3.98. The molecule has 6 nitrogen and oxygen atoms in total. The maximum absolute atomic E-state index is 5.21. The van der Waals surface area contributed by atoms with Gasteiger partial charge in [0, 0.05) is 37.1 Å². The van der Waals surface area contributed by atoms with E-state index in [1.54, 1.807) is 18.0 Å². The third-order valence-corrected chi connectivity index (χ3v) is 2.51. The normalized spacial score (nSPS) is 10.6. The summed E-state index contributed by atoms with van der Waals surface area (Å²) in [5.74, 6) is 0.843. The fraction of sp³-hybridized carbons (Fsp3) is 0.417. The zero-order chi connectivity index (χ0) is 12.8. The van der Waals surface area contributed by atoms with E-state index in [0.717, 1.165) is 30.2 Å². The molecule has 0 spiro atoms. The highest BCUT2D eigenvalue weighted by molar-refractivity contribution is 5.26. The van der Waals surface area contributed by atoms with Crippen LogP contribution in [0.15, 0.2) is 24.5 Å². The minimum absolute atomic E-state index is 0.715. The van der Waals surface area contributed by atoms with Crippen LogP contribution < -0.4 is 10.1 Å². The Hall–Kier alpha value is -1.95. The molecular formula is C12H17N5O. The number of aryl methyl sites for hydroxylation is 1. The molecule has 0 amide bonds. The maximum atomic E-state index is 5.21. The van der Waals surface area contributed by atoms with Crippen LogP contribution in [0.1, 0.15) is 11.4 Å².